The first-order chi connectivity index (χ1) is 9.69. The second-order valence-corrected chi connectivity index (χ2v) is 4.21. The molecule has 5 nitrogen and oxygen atoms in total. The van der Waals surface area contributed by atoms with Crippen LogP contribution in [0.5, 0.6) is 0 Å². The van der Waals surface area contributed by atoms with E-state index in [2.05, 4.69) is 18.3 Å². The minimum Gasteiger partial charge on any atom is -0.315 e. The van der Waals surface area contributed by atoms with E-state index in [0.717, 1.165) is 4.68 Å². The molecule has 0 spiro atoms. The molecule has 0 fully saturated rings. The van der Waals surface area contributed by atoms with Gasteiger partial charge < -0.3 is 4.90 Å². The Kier molecular flexibility index (Phi) is 4.10. The summed E-state index contributed by atoms with van der Waals surface area (Å²) in [4.78, 5) is 26.0. The molecule has 1 amide bonds. The van der Waals surface area contributed by atoms with E-state index >= 15 is 0 Å². The number of amides is 1. The van der Waals surface area contributed by atoms with E-state index in [1.165, 1.54) is 11.1 Å². The van der Waals surface area contributed by atoms with Gasteiger partial charge in [-0.25, -0.2) is 4.79 Å². The summed E-state index contributed by atoms with van der Waals surface area (Å²) in [6.07, 6.45) is 4.69. The van der Waals surface area contributed by atoms with Crippen LogP contribution in [-0.2, 0) is 0 Å². The molecule has 20 heavy (non-hydrogen) atoms. The molecule has 0 radical (unpaired) electrons. The summed E-state index contributed by atoms with van der Waals surface area (Å²) in [5, 5.41) is 5.11. The molecular weight excluding hydrogens is 254 g/mol. The summed E-state index contributed by atoms with van der Waals surface area (Å²) in [5.74, 6) is 0. The van der Waals surface area contributed by atoms with Crippen LogP contribution in [0.4, 0.5) is 4.79 Å². The molecular formula is C15H15N3O2. The summed E-state index contributed by atoms with van der Waals surface area (Å²) in [6, 6.07) is 6.54. The zero-order valence-corrected chi connectivity index (χ0v) is 11.0. The van der Waals surface area contributed by atoms with E-state index in [9.17, 15) is 9.59 Å². The van der Waals surface area contributed by atoms with Crippen LogP contribution in [0.3, 0.4) is 0 Å². The Hall–Kier alpha value is -2.69. The van der Waals surface area contributed by atoms with Gasteiger partial charge in [-0.3, -0.25) is 4.79 Å². The Bertz CT molecular complexity index is 708. The standard InChI is InChI=1S/C15H15N3O2/c1-3-9-17(10-4-2)15(20)18-14(19)13-8-6-5-7-12(13)11-16-18/h3-8,11H,1-2,9-10H2. The van der Waals surface area contributed by atoms with Gasteiger partial charge in [0.15, 0.2) is 0 Å². The largest absolute Gasteiger partial charge is 0.348 e. The van der Waals surface area contributed by atoms with E-state index in [4.69, 9.17) is 0 Å². The van der Waals surface area contributed by atoms with Gasteiger partial charge in [0.05, 0.1) is 11.6 Å². The van der Waals surface area contributed by atoms with Crippen molar-refractivity contribution in [1.29, 1.82) is 0 Å². The van der Waals surface area contributed by atoms with Crippen molar-refractivity contribution in [2.24, 2.45) is 0 Å². The molecule has 102 valence electrons. The smallest absolute Gasteiger partial charge is 0.315 e. The van der Waals surface area contributed by atoms with Crippen LogP contribution in [0.15, 0.2) is 60.6 Å². The van der Waals surface area contributed by atoms with Gasteiger partial charge in [0.25, 0.3) is 5.56 Å². The second kappa shape index (κ2) is 5.97. The molecule has 1 aromatic heterocycles. The van der Waals surface area contributed by atoms with Gasteiger partial charge in [0.1, 0.15) is 0 Å². The lowest BCUT2D eigenvalue weighted by molar-refractivity contribution is 0.205. The van der Waals surface area contributed by atoms with Crippen molar-refractivity contribution < 1.29 is 4.79 Å². The van der Waals surface area contributed by atoms with Crippen LogP contribution in [0.1, 0.15) is 0 Å². The lowest BCUT2D eigenvalue weighted by Gasteiger charge is -2.19. The quantitative estimate of drug-likeness (QED) is 0.798. The van der Waals surface area contributed by atoms with E-state index in [1.807, 2.05) is 6.07 Å². The fourth-order valence-electron chi connectivity index (χ4n) is 1.90. The summed E-state index contributed by atoms with van der Waals surface area (Å²) in [6.45, 7) is 7.84. The van der Waals surface area contributed by atoms with Gasteiger partial charge in [-0.1, -0.05) is 30.4 Å². The number of hydrogen-bond acceptors (Lipinski definition) is 3. The minimum absolute atomic E-state index is 0.325. The first-order valence-corrected chi connectivity index (χ1v) is 6.17. The number of benzene rings is 1. The highest BCUT2D eigenvalue weighted by atomic mass is 16.2. The van der Waals surface area contributed by atoms with Crippen molar-refractivity contribution in [3.63, 3.8) is 0 Å². The lowest BCUT2D eigenvalue weighted by Crippen LogP contribution is -2.41. The zero-order chi connectivity index (χ0) is 14.5. The van der Waals surface area contributed by atoms with Crippen LogP contribution in [-0.4, -0.2) is 33.8 Å². The van der Waals surface area contributed by atoms with Crippen molar-refractivity contribution in [1.82, 2.24) is 14.7 Å². The van der Waals surface area contributed by atoms with Gasteiger partial charge in [-0.05, 0) is 6.07 Å². The monoisotopic (exact) mass is 269 g/mol. The second-order valence-electron chi connectivity index (χ2n) is 4.21. The van der Waals surface area contributed by atoms with Crippen molar-refractivity contribution in [2.75, 3.05) is 13.1 Å². The average Bonchev–Trinajstić information content (AvgIpc) is 2.47. The maximum Gasteiger partial charge on any atom is 0.348 e. The molecule has 0 aliphatic heterocycles. The average molecular weight is 269 g/mol. The number of carbonyl (C=O) groups is 1. The first kappa shape index (κ1) is 13.7. The fourth-order valence-corrected chi connectivity index (χ4v) is 1.90. The zero-order valence-electron chi connectivity index (χ0n) is 11.0. The summed E-state index contributed by atoms with van der Waals surface area (Å²) < 4.78 is 0.870. The van der Waals surface area contributed by atoms with Crippen molar-refractivity contribution in [3.8, 4) is 0 Å². The maximum atomic E-state index is 12.3. The van der Waals surface area contributed by atoms with Crippen molar-refractivity contribution >= 4 is 16.8 Å². The highest BCUT2D eigenvalue weighted by molar-refractivity contribution is 5.84. The minimum atomic E-state index is -0.486. The van der Waals surface area contributed by atoms with Gasteiger partial charge >= 0.3 is 6.03 Å². The molecule has 0 unspecified atom stereocenters. The predicted molar refractivity (Wildman–Crippen MR) is 78.8 cm³/mol. The van der Waals surface area contributed by atoms with Gasteiger partial charge in [-0.2, -0.15) is 5.10 Å². The number of nitrogens with zero attached hydrogens (tertiary/aromatic N) is 3. The van der Waals surface area contributed by atoms with E-state index in [-0.39, 0.29) is 0 Å². The van der Waals surface area contributed by atoms with Crippen LogP contribution in [0, 0.1) is 0 Å². The molecule has 2 rings (SSSR count). The van der Waals surface area contributed by atoms with E-state index < -0.39 is 11.6 Å². The molecule has 1 aromatic carbocycles. The Labute approximate surface area is 116 Å². The van der Waals surface area contributed by atoms with Crippen molar-refractivity contribution in [2.45, 2.75) is 0 Å². The van der Waals surface area contributed by atoms with Crippen LogP contribution < -0.4 is 5.56 Å². The first-order valence-electron chi connectivity index (χ1n) is 6.17. The molecule has 2 aromatic rings. The molecule has 0 saturated carbocycles. The van der Waals surface area contributed by atoms with E-state index in [0.29, 0.717) is 23.9 Å². The maximum absolute atomic E-state index is 12.3. The Morgan fingerprint density at radius 2 is 1.90 bits per heavy atom. The van der Waals surface area contributed by atoms with Crippen LogP contribution in [0.25, 0.3) is 10.8 Å². The van der Waals surface area contributed by atoms with E-state index in [1.54, 1.807) is 30.4 Å². The third kappa shape index (κ3) is 2.51. The normalized spacial score (nSPS) is 10.2. The Morgan fingerprint density at radius 1 is 1.25 bits per heavy atom. The third-order valence-electron chi connectivity index (χ3n) is 2.85. The molecule has 5 heteroatoms. The summed E-state index contributed by atoms with van der Waals surface area (Å²) in [7, 11) is 0. The number of hydrogen-bond donors (Lipinski definition) is 0. The molecule has 0 aliphatic carbocycles. The predicted octanol–water partition coefficient (Wildman–Crippen LogP) is 2.04. The highest BCUT2D eigenvalue weighted by Crippen LogP contribution is 2.06. The molecule has 1 heterocycles. The topological polar surface area (TPSA) is 55.2 Å². The van der Waals surface area contributed by atoms with Gasteiger partial charge in [0, 0.05) is 18.5 Å². The molecule has 0 aliphatic rings. The Morgan fingerprint density at radius 3 is 2.55 bits per heavy atom. The molecule has 0 atom stereocenters. The van der Waals surface area contributed by atoms with Crippen molar-refractivity contribution in [3.05, 3.63) is 66.1 Å². The van der Waals surface area contributed by atoms with Crippen LogP contribution >= 0.6 is 0 Å². The molecule has 0 saturated heterocycles. The Balaban J connectivity index is 2.49. The fraction of sp³-hybridized carbons (Fsp3) is 0.133. The molecule has 0 bridgehead atoms. The number of fused-ring (bicyclic) bond motifs is 1. The lowest BCUT2D eigenvalue weighted by atomic mass is 10.2. The number of aromatic nitrogens is 2. The number of rotatable bonds is 4. The summed E-state index contributed by atoms with van der Waals surface area (Å²) in [5.41, 5.74) is -0.425. The van der Waals surface area contributed by atoms with Gasteiger partial charge in [-0.15, -0.1) is 17.8 Å². The van der Waals surface area contributed by atoms with Crippen LogP contribution in [0.2, 0.25) is 0 Å². The summed E-state index contributed by atoms with van der Waals surface area (Å²) >= 11 is 0. The molecule has 0 N–H and O–H groups in total. The SMILES string of the molecule is C=CCN(CC=C)C(=O)n1ncc2ccccc2c1=O. The van der Waals surface area contributed by atoms with Gasteiger partial charge in [0.2, 0.25) is 0 Å². The number of carbonyl (C=O) groups excluding carboxylic acids is 1. The highest BCUT2D eigenvalue weighted by Gasteiger charge is 2.16. The third-order valence-corrected chi connectivity index (χ3v) is 2.85.